The van der Waals surface area contributed by atoms with Crippen LogP contribution in [0.2, 0.25) is 0 Å². The fraction of sp³-hybridized carbons (Fsp3) is 0.148. The first kappa shape index (κ1) is 25.0. The van der Waals surface area contributed by atoms with Gasteiger partial charge in [-0.2, -0.15) is 0 Å². The number of esters is 1. The van der Waals surface area contributed by atoms with Crippen LogP contribution >= 0.6 is 0 Å². The third-order valence-corrected chi connectivity index (χ3v) is 4.84. The molecule has 3 rings (SSSR count). The molecule has 0 radical (unpaired) electrons. The van der Waals surface area contributed by atoms with Crippen molar-refractivity contribution in [3.05, 3.63) is 114 Å². The minimum absolute atomic E-state index is 0.0661. The highest BCUT2D eigenvalue weighted by molar-refractivity contribution is 5.84. The molecule has 1 atom stereocenters. The standard InChI is InChI=1S/C27H26N2O6/c1-2-33-25(30)24(29-27(32)35-19-22-11-7-4-8-12-22)17-20-13-15-23(16-14-20)28-26(31)34-18-21-9-5-3-6-10-21/h2-16,24H,1,17-19H2,(H,28,31)(H,29,32). The number of amides is 2. The van der Waals surface area contributed by atoms with Crippen molar-refractivity contribution in [2.45, 2.75) is 25.7 Å². The molecule has 2 N–H and O–H groups in total. The van der Waals surface area contributed by atoms with Crippen LogP contribution in [0.3, 0.4) is 0 Å². The molecule has 3 aromatic rings. The number of benzene rings is 3. The Hall–Kier alpha value is -4.59. The van der Waals surface area contributed by atoms with Crippen molar-refractivity contribution in [3.8, 4) is 0 Å². The smallest absolute Gasteiger partial charge is 0.411 e. The van der Waals surface area contributed by atoms with Gasteiger partial charge in [-0.05, 0) is 28.8 Å². The summed E-state index contributed by atoms with van der Waals surface area (Å²) in [6.07, 6.45) is -0.192. The van der Waals surface area contributed by atoms with Crippen LogP contribution in [0.25, 0.3) is 0 Å². The van der Waals surface area contributed by atoms with Crippen molar-refractivity contribution in [2.24, 2.45) is 0 Å². The maximum absolute atomic E-state index is 12.3. The van der Waals surface area contributed by atoms with Gasteiger partial charge in [0, 0.05) is 12.1 Å². The Morgan fingerprint density at radius 1 is 0.743 bits per heavy atom. The molecule has 1 unspecified atom stereocenters. The minimum atomic E-state index is -0.995. The molecule has 0 aromatic heterocycles. The third kappa shape index (κ3) is 8.70. The van der Waals surface area contributed by atoms with Crippen molar-refractivity contribution in [2.75, 3.05) is 5.32 Å². The lowest BCUT2D eigenvalue weighted by atomic mass is 10.1. The van der Waals surface area contributed by atoms with Crippen LogP contribution in [0, 0.1) is 0 Å². The largest absolute Gasteiger partial charge is 0.445 e. The first-order valence-electron chi connectivity index (χ1n) is 10.9. The van der Waals surface area contributed by atoms with Crippen molar-refractivity contribution < 1.29 is 28.6 Å². The number of hydrogen-bond acceptors (Lipinski definition) is 6. The molecule has 8 nitrogen and oxygen atoms in total. The van der Waals surface area contributed by atoms with Crippen molar-refractivity contribution >= 4 is 23.8 Å². The van der Waals surface area contributed by atoms with E-state index in [2.05, 4.69) is 17.2 Å². The zero-order valence-electron chi connectivity index (χ0n) is 19.0. The lowest BCUT2D eigenvalue weighted by molar-refractivity contribution is -0.140. The van der Waals surface area contributed by atoms with E-state index in [1.54, 1.807) is 24.3 Å². The number of anilines is 1. The van der Waals surface area contributed by atoms with E-state index in [0.717, 1.165) is 23.0 Å². The number of rotatable bonds is 10. The van der Waals surface area contributed by atoms with E-state index in [9.17, 15) is 14.4 Å². The van der Waals surface area contributed by atoms with Crippen molar-refractivity contribution in [1.29, 1.82) is 0 Å². The summed E-state index contributed by atoms with van der Waals surface area (Å²) in [4.78, 5) is 36.6. The number of hydrogen-bond donors (Lipinski definition) is 2. The minimum Gasteiger partial charge on any atom is -0.445 e. The second-order valence-electron chi connectivity index (χ2n) is 7.45. The Kier molecular flexibility index (Phi) is 9.44. The average Bonchev–Trinajstić information content (AvgIpc) is 2.88. The summed E-state index contributed by atoms with van der Waals surface area (Å²) < 4.78 is 15.3. The molecule has 35 heavy (non-hydrogen) atoms. The molecule has 2 amide bonds. The van der Waals surface area contributed by atoms with E-state index >= 15 is 0 Å². The lowest BCUT2D eigenvalue weighted by Crippen LogP contribution is -2.43. The Bertz CT molecular complexity index is 1120. The zero-order chi connectivity index (χ0) is 24.9. The summed E-state index contributed by atoms with van der Waals surface area (Å²) in [5.74, 6) is -0.677. The molecular formula is C27H26N2O6. The molecule has 0 fully saturated rings. The van der Waals surface area contributed by atoms with Crippen LogP contribution < -0.4 is 10.6 Å². The van der Waals surface area contributed by atoms with E-state index in [-0.39, 0.29) is 19.6 Å². The van der Waals surface area contributed by atoms with Gasteiger partial charge in [0.1, 0.15) is 19.3 Å². The summed E-state index contributed by atoms with van der Waals surface area (Å²) in [5, 5.41) is 5.17. The highest BCUT2D eigenvalue weighted by atomic mass is 16.6. The number of carbonyl (C=O) groups is 3. The fourth-order valence-corrected chi connectivity index (χ4v) is 3.10. The molecule has 0 aliphatic carbocycles. The SMILES string of the molecule is C=COC(=O)C(Cc1ccc(NC(=O)OCc2ccccc2)cc1)NC(=O)OCc1ccccc1. The highest BCUT2D eigenvalue weighted by Crippen LogP contribution is 2.13. The van der Waals surface area contributed by atoms with Crippen molar-refractivity contribution in [1.82, 2.24) is 5.32 Å². The second-order valence-corrected chi connectivity index (χ2v) is 7.45. The molecule has 0 saturated carbocycles. The average molecular weight is 475 g/mol. The quantitative estimate of drug-likeness (QED) is 0.245. The normalized spacial score (nSPS) is 11.0. The summed E-state index contributed by atoms with van der Waals surface area (Å²) in [6, 6.07) is 24.3. The van der Waals surface area contributed by atoms with Gasteiger partial charge in [0.2, 0.25) is 0 Å². The van der Waals surface area contributed by atoms with Crippen LogP contribution in [0.4, 0.5) is 15.3 Å². The van der Waals surface area contributed by atoms with Crippen LogP contribution in [-0.2, 0) is 38.6 Å². The van der Waals surface area contributed by atoms with E-state index in [0.29, 0.717) is 5.69 Å². The summed E-state index contributed by atoms with van der Waals surface area (Å²) in [6.45, 7) is 3.60. The number of carbonyl (C=O) groups excluding carboxylic acids is 3. The van der Waals surface area contributed by atoms with Gasteiger partial charge in [-0.3, -0.25) is 5.32 Å². The van der Waals surface area contributed by atoms with Gasteiger partial charge >= 0.3 is 18.2 Å². The summed E-state index contributed by atoms with van der Waals surface area (Å²) >= 11 is 0. The maximum Gasteiger partial charge on any atom is 0.411 e. The van der Waals surface area contributed by atoms with E-state index < -0.39 is 24.2 Å². The molecule has 8 heteroatoms. The summed E-state index contributed by atoms with van der Waals surface area (Å²) in [5.41, 5.74) is 2.94. The molecule has 0 saturated heterocycles. The van der Waals surface area contributed by atoms with Crippen LogP contribution in [0.15, 0.2) is 97.8 Å². The lowest BCUT2D eigenvalue weighted by Gasteiger charge is -2.17. The Labute approximate surface area is 203 Å². The maximum atomic E-state index is 12.3. The van der Waals surface area contributed by atoms with Gasteiger partial charge in [-0.25, -0.2) is 14.4 Å². The Morgan fingerprint density at radius 3 is 1.83 bits per heavy atom. The first-order valence-corrected chi connectivity index (χ1v) is 10.9. The molecule has 0 bridgehead atoms. The number of nitrogens with one attached hydrogen (secondary N) is 2. The number of alkyl carbamates (subject to hydrolysis) is 1. The molecule has 180 valence electrons. The summed E-state index contributed by atoms with van der Waals surface area (Å²) in [7, 11) is 0. The topological polar surface area (TPSA) is 103 Å². The van der Waals surface area contributed by atoms with E-state index in [1.165, 1.54) is 0 Å². The molecule has 3 aromatic carbocycles. The number of ether oxygens (including phenoxy) is 3. The molecular weight excluding hydrogens is 448 g/mol. The Balaban J connectivity index is 1.52. The zero-order valence-corrected chi connectivity index (χ0v) is 19.0. The first-order chi connectivity index (χ1) is 17.0. The fourth-order valence-electron chi connectivity index (χ4n) is 3.10. The molecule has 0 spiro atoms. The molecule has 0 aliphatic heterocycles. The predicted molar refractivity (Wildman–Crippen MR) is 130 cm³/mol. The van der Waals surface area contributed by atoms with E-state index in [1.807, 2.05) is 60.7 Å². The van der Waals surface area contributed by atoms with Crippen LogP contribution in [0.5, 0.6) is 0 Å². The van der Waals surface area contributed by atoms with Crippen LogP contribution in [-0.4, -0.2) is 24.2 Å². The second kappa shape index (κ2) is 13.2. The highest BCUT2D eigenvalue weighted by Gasteiger charge is 2.23. The molecule has 0 aliphatic rings. The van der Waals surface area contributed by atoms with E-state index in [4.69, 9.17) is 14.2 Å². The van der Waals surface area contributed by atoms with Gasteiger partial charge in [0.05, 0.1) is 6.26 Å². The van der Waals surface area contributed by atoms with Gasteiger partial charge in [-0.1, -0.05) is 79.4 Å². The Morgan fingerprint density at radius 2 is 1.29 bits per heavy atom. The predicted octanol–water partition coefficient (Wildman–Crippen LogP) is 4.96. The monoisotopic (exact) mass is 474 g/mol. The van der Waals surface area contributed by atoms with Gasteiger partial charge in [0.15, 0.2) is 0 Å². The van der Waals surface area contributed by atoms with Gasteiger partial charge in [-0.15, -0.1) is 0 Å². The van der Waals surface area contributed by atoms with Crippen LogP contribution in [0.1, 0.15) is 16.7 Å². The third-order valence-electron chi connectivity index (χ3n) is 4.84. The van der Waals surface area contributed by atoms with Gasteiger partial charge < -0.3 is 19.5 Å². The van der Waals surface area contributed by atoms with Gasteiger partial charge in [0.25, 0.3) is 0 Å². The molecule has 0 heterocycles. The van der Waals surface area contributed by atoms with Crippen molar-refractivity contribution in [3.63, 3.8) is 0 Å².